The van der Waals surface area contributed by atoms with Gasteiger partial charge in [0.05, 0.1) is 23.2 Å². The molecule has 1 heterocycles. The SMILES string of the molecule is CCOC(=O)C1(CF)CC=C(B2OC(C)(C)C(C)(C)O2)CC1. The molecule has 0 bridgehead atoms. The minimum absolute atomic E-state index is 0.272. The van der Waals surface area contributed by atoms with Gasteiger partial charge in [-0.3, -0.25) is 4.79 Å². The Hall–Kier alpha value is -0.875. The van der Waals surface area contributed by atoms with E-state index in [1.807, 2.05) is 33.8 Å². The summed E-state index contributed by atoms with van der Waals surface area (Å²) in [6.45, 7) is 9.31. The number of hydrogen-bond acceptors (Lipinski definition) is 4. The third-order valence-electron chi connectivity index (χ3n) is 5.17. The van der Waals surface area contributed by atoms with Gasteiger partial charge in [-0.05, 0) is 59.4 Å². The molecular formula is C16H26BFO4. The summed E-state index contributed by atoms with van der Waals surface area (Å²) in [4.78, 5) is 12.0. The number of hydrogen-bond donors (Lipinski definition) is 0. The fraction of sp³-hybridized carbons (Fsp3) is 0.812. The van der Waals surface area contributed by atoms with Gasteiger partial charge in [0, 0.05) is 0 Å². The van der Waals surface area contributed by atoms with E-state index in [1.165, 1.54) is 0 Å². The minimum atomic E-state index is -1.04. The number of carbonyl (C=O) groups excluding carboxylic acids is 1. The molecule has 1 saturated heterocycles. The molecule has 1 aliphatic carbocycles. The Kier molecular flexibility index (Phi) is 4.74. The highest BCUT2D eigenvalue weighted by atomic mass is 19.1. The Balaban J connectivity index is 2.10. The highest BCUT2D eigenvalue weighted by Gasteiger charge is 2.53. The van der Waals surface area contributed by atoms with Crippen molar-refractivity contribution in [1.82, 2.24) is 0 Å². The smallest absolute Gasteiger partial charge is 0.465 e. The van der Waals surface area contributed by atoms with Gasteiger partial charge in [-0.1, -0.05) is 6.08 Å². The molecule has 1 fully saturated rings. The van der Waals surface area contributed by atoms with Crippen molar-refractivity contribution < 1.29 is 23.2 Å². The van der Waals surface area contributed by atoms with Gasteiger partial charge < -0.3 is 14.0 Å². The molecule has 124 valence electrons. The van der Waals surface area contributed by atoms with Gasteiger partial charge in [0.1, 0.15) is 6.67 Å². The molecule has 6 heteroatoms. The highest BCUT2D eigenvalue weighted by molar-refractivity contribution is 6.54. The molecule has 1 atom stereocenters. The highest BCUT2D eigenvalue weighted by Crippen LogP contribution is 2.43. The zero-order chi connectivity index (χ0) is 16.6. The number of esters is 1. The maximum absolute atomic E-state index is 13.5. The van der Waals surface area contributed by atoms with Crippen molar-refractivity contribution in [3.63, 3.8) is 0 Å². The number of allylic oxidation sites excluding steroid dienone is 2. The van der Waals surface area contributed by atoms with Crippen LogP contribution < -0.4 is 0 Å². The van der Waals surface area contributed by atoms with Crippen molar-refractivity contribution in [2.24, 2.45) is 5.41 Å². The van der Waals surface area contributed by atoms with E-state index in [2.05, 4.69) is 0 Å². The van der Waals surface area contributed by atoms with E-state index in [1.54, 1.807) is 6.92 Å². The summed E-state index contributed by atoms with van der Waals surface area (Å²) in [6, 6.07) is 0. The van der Waals surface area contributed by atoms with Crippen LogP contribution in [-0.2, 0) is 18.8 Å². The third kappa shape index (κ3) is 2.95. The predicted molar refractivity (Wildman–Crippen MR) is 83.1 cm³/mol. The van der Waals surface area contributed by atoms with Crippen molar-refractivity contribution in [3.05, 3.63) is 11.5 Å². The van der Waals surface area contributed by atoms with Crippen LogP contribution in [0.25, 0.3) is 0 Å². The molecular weight excluding hydrogens is 286 g/mol. The Morgan fingerprint density at radius 2 is 1.91 bits per heavy atom. The molecule has 2 rings (SSSR count). The number of alkyl halides is 1. The second-order valence-corrected chi connectivity index (χ2v) is 7.21. The van der Waals surface area contributed by atoms with Crippen LogP contribution in [0.4, 0.5) is 4.39 Å². The first-order valence-electron chi connectivity index (χ1n) is 7.95. The van der Waals surface area contributed by atoms with Gasteiger partial charge in [-0.2, -0.15) is 0 Å². The summed E-state index contributed by atoms with van der Waals surface area (Å²) >= 11 is 0. The summed E-state index contributed by atoms with van der Waals surface area (Å²) in [6.07, 6.45) is 3.24. The zero-order valence-electron chi connectivity index (χ0n) is 14.2. The lowest BCUT2D eigenvalue weighted by molar-refractivity contribution is -0.157. The minimum Gasteiger partial charge on any atom is -0.465 e. The van der Waals surface area contributed by atoms with Gasteiger partial charge in [-0.25, -0.2) is 4.39 Å². The maximum atomic E-state index is 13.5. The molecule has 0 spiro atoms. The Morgan fingerprint density at radius 3 is 2.32 bits per heavy atom. The summed E-state index contributed by atoms with van der Waals surface area (Å²) in [5.74, 6) is -0.443. The molecule has 1 aliphatic heterocycles. The Bertz CT molecular complexity index is 459. The molecule has 0 radical (unpaired) electrons. The van der Waals surface area contributed by atoms with Gasteiger partial charge in [-0.15, -0.1) is 0 Å². The largest absolute Gasteiger partial charge is 0.490 e. The van der Waals surface area contributed by atoms with Crippen LogP contribution in [0, 0.1) is 5.41 Å². The van der Waals surface area contributed by atoms with Crippen molar-refractivity contribution in [3.8, 4) is 0 Å². The van der Waals surface area contributed by atoms with Gasteiger partial charge in [0.2, 0.25) is 0 Å². The van der Waals surface area contributed by atoms with Crippen LogP contribution in [0.2, 0.25) is 0 Å². The predicted octanol–water partition coefficient (Wildman–Crippen LogP) is 3.25. The molecule has 0 aromatic carbocycles. The molecule has 1 unspecified atom stereocenters. The molecule has 0 aromatic rings. The number of carbonyl (C=O) groups is 1. The van der Waals surface area contributed by atoms with E-state index >= 15 is 0 Å². The monoisotopic (exact) mass is 312 g/mol. The quantitative estimate of drug-likeness (QED) is 0.590. The van der Waals surface area contributed by atoms with E-state index in [0.29, 0.717) is 19.3 Å². The van der Waals surface area contributed by atoms with Crippen LogP contribution in [0.5, 0.6) is 0 Å². The Morgan fingerprint density at radius 1 is 1.32 bits per heavy atom. The average molecular weight is 312 g/mol. The topological polar surface area (TPSA) is 44.8 Å². The standard InChI is InChI=1S/C16H26BFO4/c1-6-20-13(19)16(11-18)9-7-12(8-10-16)17-21-14(2,3)15(4,5)22-17/h7H,6,8-11H2,1-5H3. The molecule has 0 N–H and O–H groups in total. The molecule has 2 aliphatic rings. The number of rotatable bonds is 4. The van der Waals surface area contributed by atoms with Crippen LogP contribution >= 0.6 is 0 Å². The second kappa shape index (κ2) is 5.97. The lowest BCUT2D eigenvalue weighted by Gasteiger charge is -2.32. The lowest BCUT2D eigenvalue weighted by Crippen LogP contribution is -2.41. The Labute approximate surface area is 132 Å². The first-order chi connectivity index (χ1) is 10.2. The molecule has 0 amide bonds. The molecule has 22 heavy (non-hydrogen) atoms. The summed E-state index contributed by atoms with van der Waals surface area (Å²) in [5.41, 5.74) is -0.835. The number of ether oxygens (including phenoxy) is 1. The van der Waals surface area contributed by atoms with Gasteiger partial charge in [0.25, 0.3) is 0 Å². The molecule has 4 nitrogen and oxygen atoms in total. The fourth-order valence-electron chi connectivity index (χ4n) is 2.77. The lowest BCUT2D eigenvalue weighted by atomic mass is 9.66. The van der Waals surface area contributed by atoms with Crippen LogP contribution in [-0.4, -0.2) is 37.6 Å². The summed E-state index contributed by atoms with van der Waals surface area (Å²) in [5, 5.41) is 0. The van der Waals surface area contributed by atoms with Crippen LogP contribution in [0.3, 0.4) is 0 Å². The van der Waals surface area contributed by atoms with Crippen LogP contribution in [0.15, 0.2) is 11.5 Å². The van der Waals surface area contributed by atoms with E-state index < -0.39 is 36.4 Å². The van der Waals surface area contributed by atoms with E-state index in [9.17, 15) is 9.18 Å². The molecule has 0 saturated carbocycles. The second-order valence-electron chi connectivity index (χ2n) is 7.21. The third-order valence-corrected chi connectivity index (χ3v) is 5.17. The first kappa shape index (κ1) is 17.5. The summed E-state index contributed by atoms with van der Waals surface area (Å²) < 4.78 is 30.5. The van der Waals surface area contributed by atoms with Crippen molar-refractivity contribution in [2.75, 3.05) is 13.3 Å². The maximum Gasteiger partial charge on any atom is 0.490 e. The average Bonchev–Trinajstić information content (AvgIpc) is 2.68. The molecule has 0 aromatic heterocycles. The van der Waals surface area contributed by atoms with E-state index in [-0.39, 0.29) is 6.61 Å². The van der Waals surface area contributed by atoms with Crippen molar-refractivity contribution in [2.45, 2.75) is 65.1 Å². The summed E-state index contributed by atoms with van der Waals surface area (Å²) in [7, 11) is -0.412. The fourth-order valence-corrected chi connectivity index (χ4v) is 2.77. The number of halogens is 1. The normalized spacial score (nSPS) is 30.1. The van der Waals surface area contributed by atoms with Crippen LogP contribution in [0.1, 0.15) is 53.9 Å². The van der Waals surface area contributed by atoms with E-state index in [4.69, 9.17) is 14.0 Å². The van der Waals surface area contributed by atoms with Gasteiger partial charge in [0.15, 0.2) is 0 Å². The first-order valence-corrected chi connectivity index (χ1v) is 7.95. The van der Waals surface area contributed by atoms with Crippen molar-refractivity contribution >= 4 is 13.1 Å². The van der Waals surface area contributed by atoms with Gasteiger partial charge >= 0.3 is 13.1 Å². The van der Waals surface area contributed by atoms with Crippen molar-refractivity contribution in [1.29, 1.82) is 0 Å². The zero-order valence-corrected chi connectivity index (χ0v) is 14.2. The van der Waals surface area contributed by atoms with E-state index in [0.717, 1.165) is 5.47 Å².